The maximum Gasteiger partial charge on any atom is 0.0465 e. The van der Waals surface area contributed by atoms with Crippen LogP contribution in [0.5, 0.6) is 0 Å². The molecule has 2 rings (SSSR count). The second kappa shape index (κ2) is 3.74. The molecule has 0 aliphatic heterocycles. The number of aliphatic hydroxyl groups excluding tert-OH is 1. The first-order valence-electron chi connectivity index (χ1n) is 5.43. The molecule has 1 N–H and O–H groups in total. The molecule has 1 heteroatoms. The fourth-order valence-corrected chi connectivity index (χ4v) is 1.99. The van der Waals surface area contributed by atoms with E-state index >= 15 is 0 Å². The molecule has 1 fully saturated rings. The smallest absolute Gasteiger partial charge is 0.0465 e. The lowest BCUT2D eigenvalue weighted by Gasteiger charge is -2.06. The fraction of sp³-hybridized carbons (Fsp3) is 0.538. The molecule has 0 heterocycles. The molecule has 0 bridgehead atoms. The van der Waals surface area contributed by atoms with Gasteiger partial charge in [0.1, 0.15) is 0 Å². The molecule has 76 valence electrons. The molecule has 14 heavy (non-hydrogen) atoms. The van der Waals surface area contributed by atoms with Gasteiger partial charge in [0.15, 0.2) is 0 Å². The Bertz CT molecular complexity index is 300. The Kier molecular flexibility index (Phi) is 2.60. The van der Waals surface area contributed by atoms with Crippen molar-refractivity contribution in [3.63, 3.8) is 0 Å². The second-order valence-electron chi connectivity index (χ2n) is 4.61. The Morgan fingerprint density at radius 1 is 1.29 bits per heavy atom. The number of benzene rings is 1. The summed E-state index contributed by atoms with van der Waals surface area (Å²) in [4.78, 5) is 0. The highest BCUT2D eigenvalue weighted by Crippen LogP contribution is 2.46. The summed E-state index contributed by atoms with van der Waals surface area (Å²) < 4.78 is 0. The summed E-state index contributed by atoms with van der Waals surface area (Å²) in [5.41, 5.74) is 2.79. The van der Waals surface area contributed by atoms with Crippen molar-refractivity contribution < 1.29 is 5.11 Å². The zero-order valence-electron chi connectivity index (χ0n) is 8.90. The van der Waals surface area contributed by atoms with E-state index in [1.807, 2.05) is 0 Å². The second-order valence-corrected chi connectivity index (χ2v) is 4.61. The number of aliphatic hydroxyl groups is 1. The Labute approximate surface area is 85.8 Å². The maximum absolute atomic E-state index is 8.98. The Balaban J connectivity index is 2.08. The van der Waals surface area contributed by atoms with E-state index in [0.717, 1.165) is 6.42 Å². The predicted octanol–water partition coefficient (Wildman–Crippen LogP) is 2.91. The molecule has 0 saturated heterocycles. The van der Waals surface area contributed by atoms with Crippen LogP contribution in [0.1, 0.15) is 43.2 Å². The molecule has 2 unspecified atom stereocenters. The summed E-state index contributed by atoms with van der Waals surface area (Å²) in [5, 5.41) is 8.98. The van der Waals surface area contributed by atoms with Gasteiger partial charge in [0, 0.05) is 6.61 Å². The van der Waals surface area contributed by atoms with Gasteiger partial charge in [0.2, 0.25) is 0 Å². The van der Waals surface area contributed by atoms with Crippen LogP contribution >= 0.6 is 0 Å². The van der Waals surface area contributed by atoms with Gasteiger partial charge in [-0.25, -0.2) is 0 Å². The van der Waals surface area contributed by atoms with Crippen LogP contribution in [0.15, 0.2) is 24.3 Å². The van der Waals surface area contributed by atoms with Crippen LogP contribution in [0.2, 0.25) is 0 Å². The van der Waals surface area contributed by atoms with E-state index in [0.29, 0.717) is 24.4 Å². The highest BCUT2D eigenvalue weighted by atomic mass is 16.3. The van der Waals surface area contributed by atoms with Gasteiger partial charge in [0.25, 0.3) is 0 Å². The van der Waals surface area contributed by atoms with E-state index in [-0.39, 0.29) is 0 Å². The van der Waals surface area contributed by atoms with Crippen LogP contribution in [0.3, 0.4) is 0 Å². The molecule has 1 aromatic rings. The molecule has 1 aliphatic carbocycles. The first-order chi connectivity index (χ1) is 6.72. The fourth-order valence-electron chi connectivity index (χ4n) is 1.99. The third-order valence-corrected chi connectivity index (χ3v) is 3.19. The van der Waals surface area contributed by atoms with Crippen molar-refractivity contribution in [2.24, 2.45) is 5.92 Å². The Hall–Kier alpha value is -0.820. The standard InChI is InChI=1S/C13H18O/c1-9(2)10-3-5-11(6-4-10)13-7-12(13)8-14/h3-6,9,12-14H,7-8H2,1-2H3. The Morgan fingerprint density at radius 3 is 2.36 bits per heavy atom. The molecule has 0 spiro atoms. The molecule has 2 atom stereocenters. The van der Waals surface area contributed by atoms with Gasteiger partial charge in [-0.1, -0.05) is 38.1 Å². The molecule has 0 amide bonds. The summed E-state index contributed by atoms with van der Waals surface area (Å²) >= 11 is 0. The number of rotatable bonds is 3. The zero-order valence-corrected chi connectivity index (χ0v) is 8.90. The third kappa shape index (κ3) is 1.83. The largest absolute Gasteiger partial charge is 0.396 e. The van der Waals surface area contributed by atoms with E-state index < -0.39 is 0 Å². The van der Waals surface area contributed by atoms with Crippen LogP contribution < -0.4 is 0 Å². The van der Waals surface area contributed by atoms with E-state index in [4.69, 9.17) is 5.11 Å². The lowest BCUT2D eigenvalue weighted by atomic mass is 10.00. The monoisotopic (exact) mass is 190 g/mol. The van der Waals surface area contributed by atoms with Crippen molar-refractivity contribution in [2.45, 2.75) is 32.1 Å². The first kappa shape index (κ1) is 9.72. The summed E-state index contributed by atoms with van der Waals surface area (Å²) in [5.74, 6) is 1.76. The quantitative estimate of drug-likeness (QED) is 0.777. The van der Waals surface area contributed by atoms with Gasteiger partial charge < -0.3 is 5.11 Å². The molecule has 1 nitrogen and oxygen atoms in total. The van der Waals surface area contributed by atoms with Crippen molar-refractivity contribution >= 4 is 0 Å². The summed E-state index contributed by atoms with van der Waals surface area (Å²) in [6.07, 6.45) is 1.16. The zero-order chi connectivity index (χ0) is 10.1. The van der Waals surface area contributed by atoms with Crippen LogP contribution in [0.4, 0.5) is 0 Å². The molecular formula is C13H18O. The number of hydrogen-bond donors (Lipinski definition) is 1. The van der Waals surface area contributed by atoms with Gasteiger partial charge in [-0.2, -0.15) is 0 Å². The molecular weight excluding hydrogens is 172 g/mol. The Morgan fingerprint density at radius 2 is 1.93 bits per heavy atom. The predicted molar refractivity (Wildman–Crippen MR) is 58.5 cm³/mol. The van der Waals surface area contributed by atoms with Crippen molar-refractivity contribution in [3.05, 3.63) is 35.4 Å². The minimum absolute atomic E-state index is 0.344. The van der Waals surface area contributed by atoms with Crippen molar-refractivity contribution in [3.8, 4) is 0 Å². The molecule has 1 aromatic carbocycles. The summed E-state index contributed by atoms with van der Waals surface area (Å²) in [6.45, 7) is 4.77. The topological polar surface area (TPSA) is 20.2 Å². The number of hydrogen-bond acceptors (Lipinski definition) is 1. The highest BCUT2D eigenvalue weighted by Gasteiger charge is 2.37. The SMILES string of the molecule is CC(C)c1ccc(C2CC2CO)cc1. The van der Waals surface area contributed by atoms with E-state index in [9.17, 15) is 0 Å². The lowest BCUT2D eigenvalue weighted by molar-refractivity contribution is 0.274. The minimum atomic E-state index is 0.344. The van der Waals surface area contributed by atoms with E-state index in [1.165, 1.54) is 11.1 Å². The van der Waals surface area contributed by atoms with Gasteiger partial charge in [0.05, 0.1) is 0 Å². The molecule has 0 aromatic heterocycles. The van der Waals surface area contributed by atoms with Gasteiger partial charge >= 0.3 is 0 Å². The van der Waals surface area contributed by atoms with Gasteiger partial charge in [-0.05, 0) is 35.3 Å². The first-order valence-corrected chi connectivity index (χ1v) is 5.43. The van der Waals surface area contributed by atoms with Crippen molar-refractivity contribution in [1.29, 1.82) is 0 Å². The minimum Gasteiger partial charge on any atom is -0.396 e. The normalized spacial score (nSPS) is 25.4. The van der Waals surface area contributed by atoms with E-state index in [1.54, 1.807) is 0 Å². The third-order valence-electron chi connectivity index (χ3n) is 3.19. The lowest BCUT2D eigenvalue weighted by Crippen LogP contribution is -1.90. The average molecular weight is 190 g/mol. The van der Waals surface area contributed by atoms with Crippen LogP contribution in [-0.2, 0) is 0 Å². The highest BCUT2D eigenvalue weighted by molar-refractivity contribution is 5.30. The molecule has 0 radical (unpaired) electrons. The summed E-state index contributed by atoms with van der Waals surface area (Å²) in [6, 6.07) is 8.87. The molecule has 1 saturated carbocycles. The van der Waals surface area contributed by atoms with Crippen molar-refractivity contribution in [1.82, 2.24) is 0 Å². The van der Waals surface area contributed by atoms with E-state index in [2.05, 4.69) is 38.1 Å². The van der Waals surface area contributed by atoms with Crippen LogP contribution in [0, 0.1) is 5.92 Å². The van der Waals surface area contributed by atoms with Crippen LogP contribution in [0.25, 0.3) is 0 Å². The van der Waals surface area contributed by atoms with Gasteiger partial charge in [-0.15, -0.1) is 0 Å². The maximum atomic E-state index is 8.98. The summed E-state index contributed by atoms with van der Waals surface area (Å²) in [7, 11) is 0. The van der Waals surface area contributed by atoms with Crippen molar-refractivity contribution in [2.75, 3.05) is 6.61 Å². The molecule has 1 aliphatic rings. The average Bonchev–Trinajstić information content (AvgIpc) is 2.97. The van der Waals surface area contributed by atoms with Gasteiger partial charge in [-0.3, -0.25) is 0 Å². The van der Waals surface area contributed by atoms with Crippen LogP contribution in [-0.4, -0.2) is 11.7 Å².